The Labute approximate surface area is 177 Å². The second-order valence-corrected chi connectivity index (χ2v) is 5.27. The van der Waals surface area contributed by atoms with Gasteiger partial charge in [0.05, 0.1) is 13.1 Å². The number of terminal acetylenes is 1. The van der Waals surface area contributed by atoms with Crippen molar-refractivity contribution in [2.75, 3.05) is 26.3 Å². The normalized spacial score (nSPS) is 10.3. The lowest BCUT2D eigenvalue weighted by molar-refractivity contribution is 0.212. The van der Waals surface area contributed by atoms with E-state index in [0.717, 1.165) is 17.9 Å². The Morgan fingerprint density at radius 1 is 1.11 bits per heavy atom. The molecule has 2 N–H and O–H groups in total. The van der Waals surface area contributed by atoms with Crippen molar-refractivity contribution >= 4 is 29.9 Å². The van der Waals surface area contributed by atoms with Crippen LogP contribution < -0.4 is 20.1 Å². The first kappa shape index (κ1) is 22.6. The molecule has 0 fully saturated rings. The first-order valence-electron chi connectivity index (χ1n) is 8.53. The van der Waals surface area contributed by atoms with Crippen LogP contribution in [0.25, 0.3) is 0 Å². The van der Waals surface area contributed by atoms with Crippen molar-refractivity contribution in [2.45, 2.75) is 13.5 Å². The Morgan fingerprint density at radius 3 is 2.56 bits per heavy atom. The Morgan fingerprint density at radius 2 is 1.89 bits per heavy atom. The minimum atomic E-state index is 0. The summed E-state index contributed by atoms with van der Waals surface area (Å²) in [6.45, 7) is 4.60. The first-order valence-corrected chi connectivity index (χ1v) is 8.53. The smallest absolute Gasteiger partial charge is 0.213 e. The van der Waals surface area contributed by atoms with Crippen LogP contribution in [0.1, 0.15) is 12.5 Å². The molecule has 0 unspecified atom stereocenters. The predicted molar refractivity (Wildman–Crippen MR) is 119 cm³/mol. The van der Waals surface area contributed by atoms with Crippen LogP contribution in [0.5, 0.6) is 11.6 Å². The summed E-state index contributed by atoms with van der Waals surface area (Å²) in [5, 5.41) is 6.17. The van der Waals surface area contributed by atoms with E-state index < -0.39 is 0 Å². The van der Waals surface area contributed by atoms with Gasteiger partial charge in [0.15, 0.2) is 5.96 Å². The molecule has 0 bridgehead atoms. The summed E-state index contributed by atoms with van der Waals surface area (Å²) in [7, 11) is 0. The van der Waals surface area contributed by atoms with Crippen molar-refractivity contribution in [1.82, 2.24) is 15.6 Å². The second kappa shape index (κ2) is 13.7. The average molecular weight is 480 g/mol. The number of aliphatic imine (C=N–C) groups is 1. The highest BCUT2D eigenvalue weighted by Crippen LogP contribution is 2.10. The maximum absolute atomic E-state index is 5.58. The predicted octanol–water partition coefficient (Wildman–Crippen LogP) is 2.85. The topological polar surface area (TPSA) is 67.8 Å². The summed E-state index contributed by atoms with van der Waals surface area (Å²) in [6, 6.07) is 13.4. The molecule has 0 radical (unpaired) electrons. The van der Waals surface area contributed by atoms with E-state index in [2.05, 4.69) is 26.5 Å². The molecule has 0 amide bonds. The minimum absolute atomic E-state index is 0. The summed E-state index contributed by atoms with van der Waals surface area (Å²) < 4.78 is 11.2. The number of nitrogens with one attached hydrogen (secondary N) is 2. The lowest BCUT2D eigenvalue weighted by atomic mass is 10.3. The minimum Gasteiger partial charge on any atom is -0.490 e. The highest BCUT2D eigenvalue weighted by atomic mass is 127. The van der Waals surface area contributed by atoms with E-state index in [-0.39, 0.29) is 24.0 Å². The molecule has 7 heteroatoms. The van der Waals surface area contributed by atoms with Crippen LogP contribution in [-0.4, -0.2) is 37.2 Å². The van der Waals surface area contributed by atoms with E-state index in [4.69, 9.17) is 15.9 Å². The zero-order chi connectivity index (χ0) is 18.5. The molecule has 2 rings (SSSR count). The fourth-order valence-electron chi connectivity index (χ4n) is 2.06. The number of nitrogens with zero attached hydrogens (tertiary/aromatic N) is 2. The third-order valence-corrected chi connectivity index (χ3v) is 3.26. The zero-order valence-corrected chi connectivity index (χ0v) is 17.7. The highest BCUT2D eigenvalue weighted by molar-refractivity contribution is 14.0. The van der Waals surface area contributed by atoms with Gasteiger partial charge in [0.1, 0.15) is 19.0 Å². The summed E-state index contributed by atoms with van der Waals surface area (Å²) in [4.78, 5) is 8.75. The summed E-state index contributed by atoms with van der Waals surface area (Å²) >= 11 is 0. The van der Waals surface area contributed by atoms with Crippen molar-refractivity contribution < 1.29 is 9.47 Å². The molecule has 0 aliphatic heterocycles. The summed E-state index contributed by atoms with van der Waals surface area (Å²) in [5.74, 6) is 4.60. The average Bonchev–Trinajstić information content (AvgIpc) is 2.69. The molecule has 6 nitrogen and oxygen atoms in total. The number of hydrogen-bond donors (Lipinski definition) is 2. The van der Waals surface area contributed by atoms with E-state index in [9.17, 15) is 0 Å². The number of ether oxygens (including phenoxy) is 2. The van der Waals surface area contributed by atoms with Crippen LogP contribution in [-0.2, 0) is 6.54 Å². The monoisotopic (exact) mass is 480 g/mol. The Kier molecular flexibility index (Phi) is 11.4. The van der Waals surface area contributed by atoms with Gasteiger partial charge in [-0.3, -0.25) is 0 Å². The zero-order valence-electron chi connectivity index (χ0n) is 15.4. The number of guanidine groups is 1. The first-order chi connectivity index (χ1) is 12.8. The van der Waals surface area contributed by atoms with Gasteiger partial charge in [-0.2, -0.15) is 0 Å². The number of aromatic nitrogens is 1. The van der Waals surface area contributed by atoms with Gasteiger partial charge < -0.3 is 20.1 Å². The van der Waals surface area contributed by atoms with Crippen molar-refractivity contribution in [3.8, 4) is 24.0 Å². The number of benzene rings is 1. The third-order valence-electron chi connectivity index (χ3n) is 3.26. The molecule has 144 valence electrons. The van der Waals surface area contributed by atoms with Crippen molar-refractivity contribution in [3.63, 3.8) is 0 Å². The number of hydrogen-bond acceptors (Lipinski definition) is 4. The van der Waals surface area contributed by atoms with Gasteiger partial charge in [0.2, 0.25) is 5.88 Å². The highest BCUT2D eigenvalue weighted by Gasteiger charge is 1.99. The SMILES string of the molecule is C#CCNC(=NCc1ccc(OCCOc2ccccc2)nc1)NCC.I. The van der Waals surface area contributed by atoms with Crippen LogP contribution in [0, 0.1) is 12.3 Å². The Bertz CT molecular complexity index is 715. The fourth-order valence-corrected chi connectivity index (χ4v) is 2.06. The molecule has 2 aromatic rings. The molecule has 1 heterocycles. The quantitative estimate of drug-likeness (QED) is 0.190. The molecule has 0 aliphatic rings. The van der Waals surface area contributed by atoms with E-state index in [0.29, 0.717) is 38.1 Å². The van der Waals surface area contributed by atoms with Crippen LogP contribution in [0.15, 0.2) is 53.7 Å². The van der Waals surface area contributed by atoms with Gasteiger partial charge in [0.25, 0.3) is 0 Å². The third kappa shape index (κ3) is 9.15. The van der Waals surface area contributed by atoms with Crippen molar-refractivity contribution in [1.29, 1.82) is 0 Å². The molecule has 1 aromatic heterocycles. The van der Waals surface area contributed by atoms with Crippen LogP contribution in [0.4, 0.5) is 0 Å². The standard InChI is InChI=1S/C20H24N4O2.HI/c1-3-12-22-20(21-4-2)24-16-17-10-11-19(23-15-17)26-14-13-25-18-8-6-5-7-9-18;/h1,5-11,15H,4,12-14,16H2,2H3,(H2,21,22,24);1H. The van der Waals surface area contributed by atoms with E-state index in [1.54, 1.807) is 6.20 Å². The van der Waals surface area contributed by atoms with Crippen LogP contribution >= 0.6 is 24.0 Å². The maximum Gasteiger partial charge on any atom is 0.213 e. The van der Waals surface area contributed by atoms with Crippen LogP contribution in [0.2, 0.25) is 0 Å². The second-order valence-electron chi connectivity index (χ2n) is 5.27. The molecule has 0 saturated carbocycles. The Balaban J connectivity index is 0.00000364. The number of halogens is 1. The maximum atomic E-state index is 5.58. The van der Waals surface area contributed by atoms with Gasteiger partial charge in [0, 0.05) is 18.8 Å². The molecular formula is C20H25IN4O2. The number of rotatable bonds is 9. The van der Waals surface area contributed by atoms with Gasteiger partial charge in [-0.25, -0.2) is 9.98 Å². The van der Waals surface area contributed by atoms with E-state index in [1.807, 2.05) is 49.4 Å². The summed E-state index contributed by atoms with van der Waals surface area (Å²) in [5.41, 5.74) is 0.982. The van der Waals surface area contributed by atoms with Gasteiger partial charge >= 0.3 is 0 Å². The Hall–Kier alpha value is -2.47. The molecule has 0 aliphatic carbocycles. The molecule has 1 aromatic carbocycles. The molecular weight excluding hydrogens is 455 g/mol. The van der Waals surface area contributed by atoms with Crippen LogP contribution in [0.3, 0.4) is 0 Å². The van der Waals surface area contributed by atoms with E-state index >= 15 is 0 Å². The lowest BCUT2D eigenvalue weighted by Crippen LogP contribution is -2.37. The molecule has 27 heavy (non-hydrogen) atoms. The molecule has 0 saturated heterocycles. The van der Waals surface area contributed by atoms with Crippen molar-refractivity contribution in [3.05, 3.63) is 54.2 Å². The van der Waals surface area contributed by atoms with Gasteiger partial charge in [-0.15, -0.1) is 30.4 Å². The molecule has 0 atom stereocenters. The molecule has 0 spiro atoms. The largest absolute Gasteiger partial charge is 0.490 e. The van der Waals surface area contributed by atoms with Crippen molar-refractivity contribution in [2.24, 2.45) is 4.99 Å². The fraction of sp³-hybridized carbons (Fsp3) is 0.300. The number of pyridine rings is 1. The number of para-hydroxylation sites is 1. The van der Waals surface area contributed by atoms with E-state index in [1.165, 1.54) is 0 Å². The lowest BCUT2D eigenvalue weighted by Gasteiger charge is -2.09. The van der Waals surface area contributed by atoms with Gasteiger partial charge in [-0.05, 0) is 24.6 Å². The van der Waals surface area contributed by atoms with Gasteiger partial charge in [-0.1, -0.05) is 30.2 Å². The summed E-state index contributed by atoms with van der Waals surface area (Å²) in [6.07, 6.45) is 7.00.